The molecule has 13 nitrogen and oxygen atoms in total. The van der Waals surface area contributed by atoms with Crippen molar-refractivity contribution in [3.05, 3.63) is 64.9 Å². The van der Waals surface area contributed by atoms with Crippen LogP contribution in [0.4, 0.5) is 22.0 Å². The molecule has 4 heterocycles. The van der Waals surface area contributed by atoms with Crippen molar-refractivity contribution in [2.24, 2.45) is 0 Å². The summed E-state index contributed by atoms with van der Waals surface area (Å²) in [7, 11) is 3.05. The molecule has 0 aromatic carbocycles. The van der Waals surface area contributed by atoms with Crippen LogP contribution in [0.5, 0.6) is 0 Å². The van der Waals surface area contributed by atoms with Crippen LogP contribution in [-0.2, 0) is 4.74 Å². The number of amides is 3. The molecule has 2 atom stereocenters. The van der Waals surface area contributed by atoms with Crippen LogP contribution in [0, 0.1) is 0 Å². The summed E-state index contributed by atoms with van der Waals surface area (Å²) in [6, 6.07) is 9.33. The molecule has 5 rings (SSSR count). The number of hydrogen-bond donors (Lipinski definition) is 4. The van der Waals surface area contributed by atoms with Crippen LogP contribution in [-0.4, -0.2) is 57.9 Å². The number of nitrogens with zero attached hydrogens (tertiary/aromatic N) is 4. The van der Waals surface area contributed by atoms with Crippen molar-refractivity contribution < 1.29 is 18.8 Å². The minimum Gasteiger partial charge on any atom is -0.379 e. The maximum Gasteiger partial charge on any atom is 0.319 e. The SMILES string of the molecule is CNC(=O)Nc1cc(Nc2cccn(-c3ccccn3)c2=O)nc2c(C(=O)N[C@@H]3CC[C@H]3OC)onc12. The van der Waals surface area contributed by atoms with Gasteiger partial charge in [-0.05, 0) is 37.1 Å². The Labute approximate surface area is 210 Å². The van der Waals surface area contributed by atoms with Crippen LogP contribution >= 0.6 is 0 Å². The highest BCUT2D eigenvalue weighted by Gasteiger charge is 2.34. The summed E-state index contributed by atoms with van der Waals surface area (Å²) in [6.45, 7) is 0. The number of carbonyl (C=O) groups is 2. The van der Waals surface area contributed by atoms with Crippen LogP contribution < -0.4 is 26.8 Å². The Bertz CT molecular complexity index is 1510. The molecule has 0 unspecified atom stereocenters. The van der Waals surface area contributed by atoms with E-state index >= 15 is 0 Å². The highest BCUT2D eigenvalue weighted by Crippen LogP contribution is 2.29. The summed E-state index contributed by atoms with van der Waals surface area (Å²) in [5, 5.41) is 14.9. The number of urea groups is 1. The van der Waals surface area contributed by atoms with E-state index in [2.05, 4.69) is 36.4 Å². The quantitative estimate of drug-likeness (QED) is 0.295. The van der Waals surface area contributed by atoms with Gasteiger partial charge in [-0.15, -0.1) is 0 Å². The Hall–Kier alpha value is -4.78. The van der Waals surface area contributed by atoms with E-state index in [9.17, 15) is 14.4 Å². The number of anilines is 3. The van der Waals surface area contributed by atoms with Gasteiger partial charge in [0.15, 0.2) is 5.52 Å². The number of fused-ring (bicyclic) bond motifs is 1. The highest BCUT2D eigenvalue weighted by atomic mass is 16.5. The van der Waals surface area contributed by atoms with Crippen LogP contribution in [0.1, 0.15) is 23.4 Å². The fraction of sp³-hybridized carbons (Fsp3) is 0.250. The predicted molar refractivity (Wildman–Crippen MR) is 134 cm³/mol. The van der Waals surface area contributed by atoms with E-state index in [1.807, 2.05) is 0 Å². The molecule has 1 aliphatic rings. The standard InChI is InChI=1S/C24H24N8O5/c1-25-24(35)29-15-12-17(27-14-6-5-11-32(23(14)34)18-7-3-4-10-26-18)30-20-19(15)31-37-21(20)22(33)28-13-8-9-16(13)36-2/h3-7,10-13,16H,8-9H2,1-2H3,(H,27,30)(H,28,33)(H2,25,29,35)/t13-,16-/m1/s1. The molecule has 3 amide bonds. The van der Waals surface area contributed by atoms with E-state index < -0.39 is 11.9 Å². The first-order valence-corrected chi connectivity index (χ1v) is 11.5. The third-order valence-corrected chi connectivity index (χ3v) is 6.05. The van der Waals surface area contributed by atoms with Crippen molar-refractivity contribution in [3.63, 3.8) is 0 Å². The average molecular weight is 505 g/mol. The largest absolute Gasteiger partial charge is 0.379 e. The monoisotopic (exact) mass is 504 g/mol. The van der Waals surface area contributed by atoms with Crippen LogP contribution in [0.3, 0.4) is 0 Å². The Morgan fingerprint density at radius 1 is 1.14 bits per heavy atom. The maximum atomic E-state index is 13.1. The molecule has 0 radical (unpaired) electrons. The Balaban J connectivity index is 1.52. The van der Waals surface area contributed by atoms with Gasteiger partial charge in [-0.25, -0.2) is 14.8 Å². The van der Waals surface area contributed by atoms with E-state index in [4.69, 9.17) is 9.26 Å². The predicted octanol–water partition coefficient (Wildman–Crippen LogP) is 2.17. The Morgan fingerprint density at radius 3 is 2.70 bits per heavy atom. The van der Waals surface area contributed by atoms with Gasteiger partial charge in [-0.3, -0.25) is 14.2 Å². The number of nitrogens with one attached hydrogen (secondary N) is 4. The van der Waals surface area contributed by atoms with Gasteiger partial charge in [0.05, 0.1) is 17.8 Å². The fourth-order valence-electron chi connectivity index (χ4n) is 3.97. The number of carbonyl (C=O) groups excluding carboxylic acids is 2. The summed E-state index contributed by atoms with van der Waals surface area (Å²) in [5.41, 5.74) is 0.348. The first kappa shape index (κ1) is 23.9. The summed E-state index contributed by atoms with van der Waals surface area (Å²) in [6.07, 6.45) is 4.73. The lowest BCUT2D eigenvalue weighted by molar-refractivity contribution is 0.00678. The van der Waals surface area contributed by atoms with Crippen molar-refractivity contribution in [2.75, 3.05) is 24.8 Å². The molecule has 37 heavy (non-hydrogen) atoms. The zero-order chi connectivity index (χ0) is 25.9. The van der Waals surface area contributed by atoms with E-state index in [0.717, 1.165) is 12.8 Å². The number of rotatable bonds is 7. The summed E-state index contributed by atoms with van der Waals surface area (Å²) < 4.78 is 12.1. The molecule has 190 valence electrons. The molecule has 13 heteroatoms. The van der Waals surface area contributed by atoms with Gasteiger partial charge in [-0.1, -0.05) is 11.2 Å². The van der Waals surface area contributed by atoms with Crippen molar-refractivity contribution in [1.29, 1.82) is 0 Å². The second-order valence-electron chi connectivity index (χ2n) is 8.31. The van der Waals surface area contributed by atoms with E-state index in [0.29, 0.717) is 5.82 Å². The second-order valence-corrected chi connectivity index (χ2v) is 8.31. The lowest BCUT2D eigenvalue weighted by atomic mass is 9.89. The zero-order valence-electron chi connectivity index (χ0n) is 20.0. The molecule has 1 saturated carbocycles. The minimum absolute atomic E-state index is 0.0758. The number of ether oxygens (including phenoxy) is 1. The highest BCUT2D eigenvalue weighted by molar-refractivity contribution is 6.07. The number of pyridine rings is 3. The fourth-order valence-corrected chi connectivity index (χ4v) is 3.97. The first-order valence-electron chi connectivity index (χ1n) is 11.5. The molecule has 0 saturated heterocycles. The zero-order valence-corrected chi connectivity index (χ0v) is 20.0. The van der Waals surface area contributed by atoms with E-state index in [-0.39, 0.29) is 51.7 Å². The number of aromatic nitrogens is 4. The second kappa shape index (κ2) is 10.1. The molecule has 4 aromatic rings. The summed E-state index contributed by atoms with van der Waals surface area (Å²) in [5.74, 6) is -0.00310. The van der Waals surface area contributed by atoms with Crippen LogP contribution in [0.15, 0.2) is 58.1 Å². The van der Waals surface area contributed by atoms with Gasteiger partial charge >= 0.3 is 6.03 Å². The molecule has 0 spiro atoms. The molecule has 1 fully saturated rings. The lowest BCUT2D eigenvalue weighted by Gasteiger charge is -2.35. The summed E-state index contributed by atoms with van der Waals surface area (Å²) >= 11 is 0. The normalized spacial score (nSPS) is 16.6. The van der Waals surface area contributed by atoms with Crippen molar-refractivity contribution in [3.8, 4) is 5.82 Å². The smallest absolute Gasteiger partial charge is 0.319 e. The average Bonchev–Trinajstić information content (AvgIpc) is 3.33. The minimum atomic E-state index is -0.512. The number of hydrogen-bond acceptors (Lipinski definition) is 9. The number of methoxy groups -OCH3 is 1. The van der Waals surface area contributed by atoms with Crippen LogP contribution in [0.25, 0.3) is 16.9 Å². The molecular formula is C24H24N8O5. The molecule has 1 aliphatic carbocycles. The van der Waals surface area contributed by atoms with Crippen molar-refractivity contribution >= 4 is 40.2 Å². The third-order valence-electron chi connectivity index (χ3n) is 6.05. The lowest BCUT2D eigenvalue weighted by Crippen LogP contribution is -2.51. The Morgan fingerprint density at radius 2 is 2.00 bits per heavy atom. The van der Waals surface area contributed by atoms with Gasteiger partial charge in [0.25, 0.3) is 11.5 Å². The van der Waals surface area contributed by atoms with Gasteiger partial charge in [0.1, 0.15) is 22.8 Å². The Kier molecular flexibility index (Phi) is 6.51. The van der Waals surface area contributed by atoms with Crippen molar-refractivity contribution in [2.45, 2.75) is 25.0 Å². The van der Waals surface area contributed by atoms with Gasteiger partial charge in [0, 0.05) is 32.6 Å². The molecule has 0 aliphatic heterocycles. The van der Waals surface area contributed by atoms with E-state index in [1.165, 1.54) is 17.7 Å². The van der Waals surface area contributed by atoms with Crippen molar-refractivity contribution in [1.82, 2.24) is 30.3 Å². The third kappa shape index (κ3) is 4.71. The molecule has 4 N–H and O–H groups in total. The summed E-state index contributed by atoms with van der Waals surface area (Å²) in [4.78, 5) is 46.9. The van der Waals surface area contributed by atoms with Gasteiger partial charge in [-0.2, -0.15) is 0 Å². The van der Waals surface area contributed by atoms with Gasteiger partial charge in [0.2, 0.25) is 5.76 Å². The molecular weight excluding hydrogens is 480 g/mol. The van der Waals surface area contributed by atoms with Gasteiger partial charge < -0.3 is 30.5 Å². The van der Waals surface area contributed by atoms with E-state index in [1.54, 1.807) is 49.8 Å². The van der Waals surface area contributed by atoms with Crippen LogP contribution in [0.2, 0.25) is 0 Å². The molecule has 4 aromatic heterocycles. The maximum absolute atomic E-state index is 13.1. The first-order chi connectivity index (χ1) is 18.0. The molecule has 0 bridgehead atoms. The topological polar surface area (TPSA) is 165 Å².